The van der Waals surface area contributed by atoms with Crippen LogP contribution in [0.3, 0.4) is 0 Å². The highest BCUT2D eigenvalue weighted by Gasteiger charge is 2.16. The van der Waals surface area contributed by atoms with Gasteiger partial charge in [-0.05, 0) is 26.0 Å². The second-order valence-corrected chi connectivity index (χ2v) is 5.85. The van der Waals surface area contributed by atoms with Crippen LogP contribution >= 0.6 is 0 Å². The fourth-order valence-electron chi connectivity index (χ4n) is 2.79. The van der Waals surface area contributed by atoms with E-state index in [1.807, 2.05) is 6.07 Å². The van der Waals surface area contributed by atoms with Gasteiger partial charge in [-0.2, -0.15) is 5.10 Å². The zero-order valence-corrected chi connectivity index (χ0v) is 14.2. The van der Waals surface area contributed by atoms with Crippen molar-refractivity contribution in [3.05, 3.63) is 74.2 Å². The highest BCUT2D eigenvalue weighted by Crippen LogP contribution is 2.25. The number of anilines is 1. The molecule has 3 rings (SSSR count). The fraction of sp³-hybridized carbons (Fsp3) is 0.167. The number of hydrogen-bond donors (Lipinski definition) is 1. The van der Waals surface area contributed by atoms with E-state index in [1.54, 1.807) is 38.1 Å². The number of carbonyl (C=O) groups is 1. The molecule has 26 heavy (non-hydrogen) atoms. The number of amides is 1. The largest absolute Gasteiger partial charge is 0.324 e. The maximum absolute atomic E-state index is 12.5. The van der Waals surface area contributed by atoms with Gasteiger partial charge in [0.1, 0.15) is 6.54 Å². The molecule has 2 aromatic carbocycles. The minimum atomic E-state index is -0.510. The number of fused-ring (bicyclic) bond motifs is 1. The molecule has 132 valence electrons. The Labute approximate surface area is 148 Å². The first-order chi connectivity index (χ1) is 12.4. The van der Waals surface area contributed by atoms with E-state index in [0.717, 1.165) is 10.1 Å². The number of rotatable bonds is 4. The Balaban J connectivity index is 1.89. The Hall–Kier alpha value is -3.55. The molecule has 0 atom stereocenters. The van der Waals surface area contributed by atoms with Gasteiger partial charge in [-0.15, -0.1) is 0 Å². The maximum atomic E-state index is 12.5. The molecule has 1 aromatic heterocycles. The van der Waals surface area contributed by atoms with Gasteiger partial charge in [0.15, 0.2) is 0 Å². The Bertz CT molecular complexity index is 1090. The Morgan fingerprint density at radius 1 is 1.15 bits per heavy atom. The SMILES string of the molecule is Cc1c(NC(=O)Cn2nc(C)c3ccccc3c2=O)cccc1[N+](=O)[O-]. The molecule has 0 aliphatic heterocycles. The van der Waals surface area contributed by atoms with E-state index in [1.165, 1.54) is 12.1 Å². The third kappa shape index (κ3) is 3.16. The van der Waals surface area contributed by atoms with Gasteiger partial charge in [-0.3, -0.25) is 19.7 Å². The molecule has 0 aliphatic rings. The summed E-state index contributed by atoms with van der Waals surface area (Å²) >= 11 is 0. The number of hydrogen-bond acceptors (Lipinski definition) is 5. The molecular formula is C18H16N4O4. The Morgan fingerprint density at radius 3 is 2.54 bits per heavy atom. The zero-order chi connectivity index (χ0) is 18.8. The van der Waals surface area contributed by atoms with Crippen molar-refractivity contribution in [2.24, 2.45) is 0 Å². The van der Waals surface area contributed by atoms with E-state index in [0.29, 0.717) is 22.3 Å². The smallest absolute Gasteiger partial charge is 0.275 e. The molecule has 1 N–H and O–H groups in total. The molecule has 1 heterocycles. The van der Waals surface area contributed by atoms with Crippen LogP contribution in [0.1, 0.15) is 11.3 Å². The number of benzene rings is 2. The molecule has 3 aromatic rings. The number of nitrogens with zero attached hydrogens (tertiary/aromatic N) is 3. The second-order valence-electron chi connectivity index (χ2n) is 5.85. The van der Waals surface area contributed by atoms with Crippen molar-refractivity contribution in [3.63, 3.8) is 0 Å². The van der Waals surface area contributed by atoms with E-state index in [2.05, 4.69) is 10.4 Å². The third-order valence-corrected chi connectivity index (χ3v) is 4.12. The first-order valence-electron chi connectivity index (χ1n) is 7.89. The van der Waals surface area contributed by atoms with E-state index >= 15 is 0 Å². The van der Waals surface area contributed by atoms with Gasteiger partial charge >= 0.3 is 0 Å². The normalized spacial score (nSPS) is 10.7. The number of nitro groups is 1. The maximum Gasteiger partial charge on any atom is 0.275 e. The van der Waals surface area contributed by atoms with Crippen LogP contribution in [0, 0.1) is 24.0 Å². The van der Waals surface area contributed by atoms with Crippen LogP contribution < -0.4 is 10.9 Å². The summed E-state index contributed by atoms with van der Waals surface area (Å²) < 4.78 is 1.10. The molecule has 0 spiro atoms. The quantitative estimate of drug-likeness (QED) is 0.573. The monoisotopic (exact) mass is 352 g/mol. The van der Waals surface area contributed by atoms with Gasteiger partial charge in [0, 0.05) is 11.5 Å². The number of nitro benzene ring substituents is 1. The van der Waals surface area contributed by atoms with Crippen molar-refractivity contribution in [1.29, 1.82) is 0 Å². The number of aromatic nitrogens is 2. The lowest BCUT2D eigenvalue weighted by Gasteiger charge is -2.11. The molecule has 0 saturated carbocycles. The molecular weight excluding hydrogens is 336 g/mol. The van der Waals surface area contributed by atoms with E-state index in [4.69, 9.17) is 0 Å². The molecule has 1 amide bonds. The highest BCUT2D eigenvalue weighted by molar-refractivity contribution is 5.92. The summed E-state index contributed by atoms with van der Waals surface area (Å²) in [5, 5.41) is 19.0. The van der Waals surface area contributed by atoms with Crippen LogP contribution in [0.5, 0.6) is 0 Å². The zero-order valence-electron chi connectivity index (χ0n) is 14.2. The summed E-state index contributed by atoms with van der Waals surface area (Å²) in [6.45, 7) is 3.03. The van der Waals surface area contributed by atoms with Crippen LogP contribution in [-0.2, 0) is 11.3 Å². The number of aryl methyl sites for hydroxylation is 1. The highest BCUT2D eigenvalue weighted by atomic mass is 16.6. The first kappa shape index (κ1) is 17.3. The summed E-state index contributed by atoms with van der Waals surface area (Å²) in [5.41, 5.74) is 0.867. The Kier molecular flexibility index (Phi) is 4.49. The molecule has 0 radical (unpaired) electrons. The van der Waals surface area contributed by atoms with Crippen LogP contribution in [0.15, 0.2) is 47.3 Å². The summed E-state index contributed by atoms with van der Waals surface area (Å²) in [6, 6.07) is 11.5. The van der Waals surface area contributed by atoms with Crippen molar-refractivity contribution >= 4 is 28.1 Å². The standard InChI is InChI=1S/C18H16N4O4/c1-11-15(8-5-9-16(11)22(25)26)19-17(23)10-21-18(24)14-7-4-3-6-13(14)12(2)20-21/h3-9H,10H2,1-2H3,(H,19,23). The summed E-state index contributed by atoms with van der Waals surface area (Å²) in [4.78, 5) is 35.3. The third-order valence-electron chi connectivity index (χ3n) is 4.12. The van der Waals surface area contributed by atoms with Crippen molar-refractivity contribution < 1.29 is 9.72 Å². The van der Waals surface area contributed by atoms with E-state index in [-0.39, 0.29) is 17.8 Å². The van der Waals surface area contributed by atoms with E-state index in [9.17, 15) is 19.7 Å². The van der Waals surface area contributed by atoms with E-state index < -0.39 is 10.8 Å². The lowest BCUT2D eigenvalue weighted by atomic mass is 10.1. The van der Waals surface area contributed by atoms with Gasteiger partial charge in [0.25, 0.3) is 11.2 Å². The van der Waals surface area contributed by atoms with Crippen LogP contribution in [0.25, 0.3) is 10.8 Å². The molecule has 0 fully saturated rings. The van der Waals surface area contributed by atoms with Crippen molar-refractivity contribution in [1.82, 2.24) is 9.78 Å². The van der Waals surface area contributed by atoms with Gasteiger partial charge in [-0.1, -0.05) is 24.3 Å². The molecule has 0 aliphatic carbocycles. The molecule has 8 heteroatoms. The lowest BCUT2D eigenvalue weighted by Crippen LogP contribution is -2.30. The minimum absolute atomic E-state index is 0.0837. The van der Waals surface area contributed by atoms with Crippen LogP contribution in [0.4, 0.5) is 11.4 Å². The van der Waals surface area contributed by atoms with Gasteiger partial charge in [-0.25, -0.2) is 4.68 Å². The average Bonchev–Trinajstić information content (AvgIpc) is 2.61. The second kappa shape index (κ2) is 6.75. The minimum Gasteiger partial charge on any atom is -0.324 e. The summed E-state index contributed by atoms with van der Waals surface area (Å²) in [6.07, 6.45) is 0. The van der Waals surface area contributed by atoms with Gasteiger partial charge in [0.2, 0.25) is 5.91 Å². The topological polar surface area (TPSA) is 107 Å². The van der Waals surface area contributed by atoms with Gasteiger partial charge in [0.05, 0.1) is 27.3 Å². The van der Waals surface area contributed by atoms with Gasteiger partial charge < -0.3 is 5.32 Å². The fourth-order valence-corrected chi connectivity index (χ4v) is 2.79. The number of carbonyl (C=O) groups excluding carboxylic acids is 1. The predicted molar refractivity (Wildman–Crippen MR) is 97.2 cm³/mol. The molecule has 8 nitrogen and oxygen atoms in total. The predicted octanol–water partition coefficient (Wildman–Crippen LogP) is 2.56. The Morgan fingerprint density at radius 2 is 1.85 bits per heavy atom. The summed E-state index contributed by atoms with van der Waals surface area (Å²) in [5.74, 6) is -0.488. The van der Waals surface area contributed by atoms with Crippen LogP contribution in [0.2, 0.25) is 0 Å². The average molecular weight is 352 g/mol. The molecule has 0 unspecified atom stereocenters. The van der Waals surface area contributed by atoms with Crippen LogP contribution in [-0.4, -0.2) is 20.6 Å². The number of nitrogens with one attached hydrogen (secondary N) is 1. The first-order valence-corrected chi connectivity index (χ1v) is 7.89. The van der Waals surface area contributed by atoms with Crippen molar-refractivity contribution in [3.8, 4) is 0 Å². The molecule has 0 bridgehead atoms. The van der Waals surface area contributed by atoms with Crippen molar-refractivity contribution in [2.45, 2.75) is 20.4 Å². The molecule has 0 saturated heterocycles. The summed E-state index contributed by atoms with van der Waals surface area (Å²) in [7, 11) is 0. The van der Waals surface area contributed by atoms with Crippen molar-refractivity contribution in [2.75, 3.05) is 5.32 Å². The lowest BCUT2D eigenvalue weighted by molar-refractivity contribution is -0.385.